The van der Waals surface area contributed by atoms with E-state index in [4.69, 9.17) is 4.74 Å². The first-order valence-corrected chi connectivity index (χ1v) is 12.6. The molecule has 3 atom stereocenters. The number of pyridine rings is 1. The molecule has 3 fully saturated rings. The summed E-state index contributed by atoms with van der Waals surface area (Å²) in [5, 5.41) is 2.74. The molecule has 2 amide bonds. The number of likely N-dealkylation sites (tertiary alicyclic amines) is 1. The number of nitrogens with zero attached hydrogens (tertiary/aromatic N) is 4. The second-order valence-electron chi connectivity index (χ2n) is 9.88. The summed E-state index contributed by atoms with van der Waals surface area (Å²) in [6, 6.07) is 5.31. The van der Waals surface area contributed by atoms with Gasteiger partial charge >= 0.3 is 0 Å². The Morgan fingerprint density at radius 1 is 1.25 bits per heavy atom. The van der Waals surface area contributed by atoms with Crippen LogP contribution < -0.4 is 5.32 Å². The molecule has 0 spiro atoms. The summed E-state index contributed by atoms with van der Waals surface area (Å²) in [6.07, 6.45) is 6.62. The normalized spacial score (nSPS) is 27.8. The second kappa shape index (κ2) is 9.05. The van der Waals surface area contributed by atoms with Crippen molar-refractivity contribution in [3.8, 4) is 0 Å². The highest BCUT2D eigenvalue weighted by atomic mass is 19.1. The van der Waals surface area contributed by atoms with E-state index in [9.17, 15) is 9.59 Å². The molecule has 36 heavy (non-hydrogen) atoms. The van der Waals surface area contributed by atoms with Gasteiger partial charge in [-0.15, -0.1) is 0 Å². The van der Waals surface area contributed by atoms with Crippen LogP contribution in [0, 0.1) is 5.82 Å². The fraction of sp³-hybridized carbons (Fsp3) is 0.481. The van der Waals surface area contributed by atoms with E-state index in [1.54, 1.807) is 24.7 Å². The Bertz CT molecular complexity index is 1340. The zero-order valence-corrected chi connectivity index (χ0v) is 21.2. The van der Waals surface area contributed by atoms with Gasteiger partial charge in [-0.1, -0.05) is 19.9 Å². The fourth-order valence-electron chi connectivity index (χ4n) is 5.73. The van der Waals surface area contributed by atoms with Crippen molar-refractivity contribution in [3.63, 3.8) is 0 Å². The van der Waals surface area contributed by atoms with Gasteiger partial charge in [-0.3, -0.25) is 24.8 Å². The van der Waals surface area contributed by atoms with E-state index in [0.717, 1.165) is 18.8 Å². The standard InChI is InChI=1S/C25H26FN5O3.C2H6/c1-24-13-31(12-16-11-27-14-30(16)2)8-7-25(24,34-24)19-4-5-20-18(22(19)26)9-15(10-28-20)17-3-6-21(32)29-23(17)33;1-2/h4-5,9-11,14,17H,3,6-8,12-13H2,1-2H3,(H,29,32,33);1-2H3. The van der Waals surface area contributed by atoms with Crippen LogP contribution in [0.5, 0.6) is 0 Å². The van der Waals surface area contributed by atoms with Gasteiger partial charge in [0.05, 0.1) is 23.5 Å². The molecule has 0 radical (unpaired) electrons. The highest BCUT2D eigenvalue weighted by Crippen LogP contribution is 2.61. The van der Waals surface area contributed by atoms with Crippen molar-refractivity contribution in [3.05, 3.63) is 59.6 Å². The number of carbonyl (C=O) groups excluding carboxylic acids is 2. The van der Waals surface area contributed by atoms with Crippen LogP contribution in [0.15, 0.2) is 36.9 Å². The molecule has 190 valence electrons. The maximum Gasteiger partial charge on any atom is 0.234 e. The number of rotatable bonds is 4. The van der Waals surface area contributed by atoms with Gasteiger partial charge < -0.3 is 9.30 Å². The van der Waals surface area contributed by atoms with Gasteiger partial charge in [0.15, 0.2) is 0 Å². The maximum atomic E-state index is 16.0. The molecular formula is C27H32FN5O3. The first-order chi connectivity index (χ1) is 17.3. The van der Waals surface area contributed by atoms with E-state index < -0.39 is 17.1 Å². The van der Waals surface area contributed by atoms with E-state index in [1.807, 2.05) is 44.6 Å². The van der Waals surface area contributed by atoms with E-state index in [2.05, 4.69) is 20.2 Å². The van der Waals surface area contributed by atoms with Crippen molar-refractivity contribution in [2.75, 3.05) is 13.1 Å². The number of aromatic nitrogens is 3. The number of imidazole rings is 1. The van der Waals surface area contributed by atoms with Crippen LogP contribution in [0.1, 0.15) is 62.8 Å². The summed E-state index contributed by atoms with van der Waals surface area (Å²) in [5.41, 5.74) is 1.68. The summed E-state index contributed by atoms with van der Waals surface area (Å²) in [7, 11) is 1.98. The molecule has 9 heteroatoms. The van der Waals surface area contributed by atoms with Crippen LogP contribution in [0.4, 0.5) is 4.39 Å². The minimum Gasteiger partial charge on any atom is -0.356 e. The van der Waals surface area contributed by atoms with Crippen LogP contribution in [-0.4, -0.2) is 49.9 Å². The quantitative estimate of drug-likeness (QED) is 0.442. The number of fused-ring (bicyclic) bond motifs is 2. The monoisotopic (exact) mass is 493 g/mol. The third kappa shape index (κ3) is 3.90. The van der Waals surface area contributed by atoms with Gasteiger partial charge in [0, 0.05) is 56.4 Å². The number of epoxide rings is 1. The lowest BCUT2D eigenvalue weighted by Crippen LogP contribution is -2.44. The lowest BCUT2D eigenvalue weighted by molar-refractivity contribution is -0.134. The van der Waals surface area contributed by atoms with Crippen molar-refractivity contribution in [1.29, 1.82) is 0 Å². The van der Waals surface area contributed by atoms with Crippen molar-refractivity contribution in [1.82, 2.24) is 24.8 Å². The lowest BCUT2D eigenvalue weighted by atomic mass is 9.80. The minimum atomic E-state index is -0.668. The number of halogens is 1. The van der Waals surface area contributed by atoms with Crippen molar-refractivity contribution < 1.29 is 18.7 Å². The molecule has 3 aliphatic rings. The van der Waals surface area contributed by atoms with E-state index in [-0.39, 0.29) is 24.1 Å². The zero-order valence-electron chi connectivity index (χ0n) is 21.2. The Balaban J connectivity index is 0.00000130. The van der Waals surface area contributed by atoms with Gasteiger partial charge in [-0.05, 0) is 37.5 Å². The molecule has 0 saturated carbocycles. The smallest absolute Gasteiger partial charge is 0.234 e. The molecule has 6 rings (SSSR count). The van der Waals surface area contributed by atoms with Gasteiger partial charge in [0.25, 0.3) is 0 Å². The molecule has 2 aromatic heterocycles. The third-order valence-corrected chi connectivity index (χ3v) is 7.72. The Labute approximate surface area is 209 Å². The van der Waals surface area contributed by atoms with Crippen molar-refractivity contribution in [2.45, 2.75) is 63.7 Å². The number of carbonyl (C=O) groups is 2. The molecular weight excluding hydrogens is 461 g/mol. The molecule has 3 aliphatic heterocycles. The molecule has 0 aliphatic carbocycles. The Morgan fingerprint density at radius 3 is 2.75 bits per heavy atom. The SMILES string of the molecule is CC.Cn1cncc1CN1CCC2(c3ccc4ncc(C5CCC(=O)NC5=O)cc4c3F)OC2(C)C1. The number of piperidine rings is 2. The third-order valence-electron chi connectivity index (χ3n) is 7.72. The number of ether oxygens (including phenoxy) is 1. The first-order valence-electron chi connectivity index (χ1n) is 12.6. The molecule has 1 aromatic carbocycles. The number of nitrogens with one attached hydrogen (secondary N) is 1. The highest BCUT2D eigenvalue weighted by molar-refractivity contribution is 6.01. The highest BCUT2D eigenvalue weighted by Gasteiger charge is 2.70. The molecule has 8 nitrogen and oxygen atoms in total. The molecule has 5 heterocycles. The second-order valence-corrected chi connectivity index (χ2v) is 9.88. The maximum absolute atomic E-state index is 16.0. The lowest BCUT2D eigenvalue weighted by Gasteiger charge is -2.32. The zero-order chi connectivity index (χ0) is 25.7. The van der Waals surface area contributed by atoms with E-state index in [0.29, 0.717) is 41.4 Å². The van der Waals surface area contributed by atoms with Crippen molar-refractivity contribution >= 4 is 22.7 Å². The Hall–Kier alpha value is -3.17. The molecule has 3 aromatic rings. The minimum absolute atomic E-state index is 0.265. The largest absolute Gasteiger partial charge is 0.356 e. The average Bonchev–Trinajstić information content (AvgIpc) is 3.31. The average molecular weight is 494 g/mol. The summed E-state index contributed by atoms with van der Waals surface area (Å²) in [6.45, 7) is 8.30. The van der Waals surface area contributed by atoms with E-state index >= 15 is 4.39 Å². The van der Waals surface area contributed by atoms with Crippen LogP contribution >= 0.6 is 0 Å². The Morgan fingerprint density at radius 2 is 2.06 bits per heavy atom. The van der Waals surface area contributed by atoms with Crippen LogP contribution in [0.2, 0.25) is 0 Å². The van der Waals surface area contributed by atoms with Crippen LogP contribution in [-0.2, 0) is 33.5 Å². The Kier molecular flexibility index (Phi) is 6.16. The number of aryl methyl sites for hydroxylation is 1. The number of amides is 2. The summed E-state index contributed by atoms with van der Waals surface area (Å²) in [4.78, 5) is 34.8. The number of hydrogen-bond acceptors (Lipinski definition) is 6. The summed E-state index contributed by atoms with van der Waals surface area (Å²) in [5.74, 6) is -1.48. The van der Waals surface area contributed by atoms with Crippen LogP contribution in [0.25, 0.3) is 10.9 Å². The number of hydrogen-bond donors (Lipinski definition) is 1. The van der Waals surface area contributed by atoms with Crippen LogP contribution in [0.3, 0.4) is 0 Å². The predicted molar refractivity (Wildman–Crippen MR) is 132 cm³/mol. The molecule has 0 bridgehead atoms. The fourth-order valence-corrected chi connectivity index (χ4v) is 5.73. The van der Waals surface area contributed by atoms with Gasteiger partial charge in [-0.2, -0.15) is 0 Å². The topological polar surface area (TPSA) is 92.7 Å². The molecule has 3 saturated heterocycles. The molecule has 3 unspecified atom stereocenters. The first kappa shape index (κ1) is 24.5. The number of imide groups is 1. The summed E-state index contributed by atoms with van der Waals surface area (Å²) < 4.78 is 24.3. The van der Waals surface area contributed by atoms with E-state index in [1.165, 1.54) is 0 Å². The summed E-state index contributed by atoms with van der Waals surface area (Å²) >= 11 is 0. The van der Waals surface area contributed by atoms with Gasteiger partial charge in [-0.25, -0.2) is 9.37 Å². The van der Waals surface area contributed by atoms with Gasteiger partial charge in [0.1, 0.15) is 17.0 Å². The predicted octanol–water partition coefficient (Wildman–Crippen LogP) is 3.54. The molecule has 1 N–H and O–H groups in total. The van der Waals surface area contributed by atoms with Gasteiger partial charge in [0.2, 0.25) is 11.8 Å². The number of benzene rings is 1. The van der Waals surface area contributed by atoms with Crippen molar-refractivity contribution in [2.24, 2.45) is 7.05 Å².